The monoisotopic (exact) mass is 1530 g/mol. The topological polar surface area (TPSA) is 338 Å². The van der Waals surface area contributed by atoms with Gasteiger partial charge in [0.1, 0.15) is 34.2 Å². The Morgan fingerprint density at radius 2 is 0.739 bits per heavy atom. The molecule has 111 heavy (non-hydrogen) atoms. The normalized spacial score (nSPS) is 13.5. The van der Waals surface area contributed by atoms with E-state index in [0.717, 1.165) is 44.5 Å². The minimum Gasteiger partial charge on any atom is -0.496 e. The smallest absolute Gasteiger partial charge is 0.307 e. The molecule has 2 atom stereocenters. The lowest BCUT2D eigenvalue weighted by Crippen LogP contribution is -2.32. The fourth-order valence-corrected chi connectivity index (χ4v) is 13.3. The summed E-state index contributed by atoms with van der Waals surface area (Å²) in [5.74, 6) is 2.53. The Kier molecular flexibility index (Phi) is 31.8. The van der Waals surface area contributed by atoms with Gasteiger partial charge in [0.15, 0.2) is 57.6 Å². The second-order valence-electron chi connectivity index (χ2n) is 28.0. The van der Waals surface area contributed by atoms with E-state index in [4.69, 9.17) is 82.9 Å². The first-order chi connectivity index (χ1) is 52.3. The number of carboxylic acids is 1. The van der Waals surface area contributed by atoms with Crippen LogP contribution in [0.1, 0.15) is 162 Å². The van der Waals surface area contributed by atoms with Crippen LogP contribution < -0.4 is 68.3 Å². The fraction of sp³-hybridized carbons (Fsp3) is 0.419. The van der Waals surface area contributed by atoms with Crippen LogP contribution >= 0.6 is 0 Å². The summed E-state index contributed by atoms with van der Waals surface area (Å²) in [6.45, 7) is 10.6. The molecule has 0 unspecified atom stereocenters. The Bertz CT molecular complexity index is 4530. The highest BCUT2D eigenvalue weighted by Gasteiger charge is 2.33. The second-order valence-corrected chi connectivity index (χ2v) is 28.0. The number of aliphatic carboxylic acids is 1. The zero-order valence-electron chi connectivity index (χ0n) is 66.1. The maximum Gasteiger partial charge on any atom is 0.307 e. The molecule has 0 aliphatic heterocycles. The quantitative estimate of drug-likeness (QED) is 0.0290. The number of ketones is 5. The molecule has 25 heteroatoms. The lowest BCUT2D eigenvalue weighted by Gasteiger charge is -2.23. The molecule has 598 valence electrons. The van der Waals surface area contributed by atoms with E-state index in [1.165, 1.54) is 42.7 Å². The Morgan fingerprint density at radius 1 is 0.405 bits per heavy atom. The van der Waals surface area contributed by atoms with Gasteiger partial charge in [-0.1, -0.05) is 25.6 Å². The molecule has 3 aliphatic carbocycles. The van der Waals surface area contributed by atoms with Gasteiger partial charge in [-0.05, 0) is 197 Å². The lowest BCUT2D eigenvalue weighted by molar-refractivity contribution is -0.159. The van der Waals surface area contributed by atoms with Crippen LogP contribution in [0, 0.1) is 5.92 Å². The lowest BCUT2D eigenvalue weighted by atomic mass is 9.88. The number of methoxy groups -OCH3 is 12. The summed E-state index contributed by atoms with van der Waals surface area (Å²) in [5, 5.41) is 8.88. The first-order valence-corrected chi connectivity index (χ1v) is 35.7. The number of esters is 2. The van der Waals surface area contributed by atoms with Crippen molar-refractivity contribution < 1.29 is 110 Å². The number of carbonyl (C=O) groups is 8. The van der Waals surface area contributed by atoms with Crippen molar-refractivity contribution in [3.63, 3.8) is 0 Å². The van der Waals surface area contributed by atoms with E-state index in [1.54, 1.807) is 133 Å². The summed E-state index contributed by atoms with van der Waals surface area (Å²) in [6, 6.07) is 20.8. The molecular weight excluding hydrogens is 1430 g/mol. The van der Waals surface area contributed by atoms with Crippen LogP contribution in [0.5, 0.6) is 69.0 Å². The molecule has 5 N–H and O–H groups in total. The van der Waals surface area contributed by atoms with Gasteiger partial charge in [-0.3, -0.25) is 38.4 Å². The molecule has 25 nitrogen and oxygen atoms in total. The number of nitrogens with two attached hydrogens (primary N) is 2. The summed E-state index contributed by atoms with van der Waals surface area (Å²) in [4.78, 5) is 101. The minimum atomic E-state index is -1.01. The van der Waals surface area contributed by atoms with Gasteiger partial charge in [-0.2, -0.15) is 0 Å². The number of rotatable bonds is 29. The van der Waals surface area contributed by atoms with E-state index in [0.29, 0.717) is 140 Å². The van der Waals surface area contributed by atoms with E-state index in [2.05, 4.69) is 0 Å². The molecule has 3 aliphatic rings. The van der Waals surface area contributed by atoms with Crippen molar-refractivity contribution in [3.05, 3.63) is 152 Å². The highest BCUT2D eigenvalue weighted by molar-refractivity contribution is 6.05. The summed E-state index contributed by atoms with van der Waals surface area (Å²) in [7, 11) is 18.5. The number of allylic oxidation sites excluding steroid dienone is 3. The van der Waals surface area contributed by atoms with E-state index < -0.39 is 41.1 Å². The molecule has 0 radical (unpaired) electrons. The van der Waals surface area contributed by atoms with Gasteiger partial charge in [0.2, 0.25) is 17.2 Å². The molecule has 6 aromatic rings. The standard InChI is InChI=1S/C37H48O10.C27H31NO8.C21H23NO5.CH4/c1-36(2,3)46-32(40)16-12-23(19-33(41)47-37(4,5)6)29(39)18-24-17-22(11-15-30(24)42-7)27-20-25(38)13-14-26-28(27)21-31(43-8)35(45-10)34(26)44-9;1-33-23-9-5-15(11-16(23)12-22(30)21(28)8-10-25(31)32)19-13-17(29)6-7-18-20(19)14-24(34-2)27(36-4)26(18)35-3;1-24-18-8-5-12(9-17(18)22)15-10-13(23)6-7-14-16(15)11-19(25-2)21(27-4)20(14)26-3;/h11,15,17,20-21,23H,12-14,16,18-19H2,1-10H3;5,9,11,13-14,21H,6-8,10,12,28H2,1-4H3,(H,31,32);5,8-11H,6-7,22H2,1-4H3;1H4/t23-;21-;;/m01../s1. The fourth-order valence-electron chi connectivity index (χ4n) is 13.3. The molecule has 0 spiro atoms. The number of benzene rings is 6. The number of ether oxygens (including phenoxy) is 14. The van der Waals surface area contributed by atoms with Crippen LogP contribution in [0.15, 0.2) is 91.0 Å². The zero-order valence-corrected chi connectivity index (χ0v) is 66.1. The molecule has 0 heterocycles. The predicted molar refractivity (Wildman–Crippen MR) is 421 cm³/mol. The first kappa shape index (κ1) is 88.6. The van der Waals surface area contributed by atoms with Gasteiger partial charge in [0.25, 0.3) is 0 Å². The highest BCUT2D eigenvalue weighted by Crippen LogP contribution is 2.50. The molecule has 0 amide bonds. The Labute approximate surface area is 649 Å². The molecule has 0 bridgehead atoms. The predicted octanol–water partition coefficient (Wildman–Crippen LogP) is 13.1. The van der Waals surface area contributed by atoms with Crippen molar-refractivity contribution in [1.29, 1.82) is 0 Å². The summed E-state index contributed by atoms with van der Waals surface area (Å²) in [5.41, 5.74) is 21.4. The Hall–Kier alpha value is -11.3. The zero-order chi connectivity index (χ0) is 81.1. The number of anilines is 1. The van der Waals surface area contributed by atoms with Crippen LogP contribution in [0.2, 0.25) is 0 Å². The SMILES string of the molecule is C.COc1ccc(C2=CC(=O)CCc3c2cc(OC)c(OC)c3OC)cc1CC(=O)[C@@H](CCC(=O)OC(C)(C)C)CC(=O)OC(C)(C)C.COc1ccc(C2=CC(=O)CCc3c2cc(OC)c(OC)c3OC)cc1CC(=O)[C@H](N)CCC(=O)O.COc1ccc(C2=CC(=O)CCc3c2cc(OC)c(OC)c3OC)cc1N. The minimum absolute atomic E-state index is 0. The summed E-state index contributed by atoms with van der Waals surface area (Å²) < 4.78 is 77.6. The van der Waals surface area contributed by atoms with Crippen molar-refractivity contribution in [2.75, 3.05) is 91.1 Å². The molecular formula is C86H106N2O23. The number of Topliss-reactive ketones (excluding diaryl/α,β-unsaturated/α-hetero) is 2. The molecule has 9 rings (SSSR count). The average Bonchev–Trinajstić information content (AvgIpc) is 1.77. The van der Waals surface area contributed by atoms with Crippen LogP contribution in [0.25, 0.3) is 16.7 Å². The van der Waals surface area contributed by atoms with Crippen molar-refractivity contribution in [2.45, 2.75) is 150 Å². The van der Waals surface area contributed by atoms with Crippen molar-refractivity contribution in [3.8, 4) is 69.0 Å². The first-order valence-electron chi connectivity index (χ1n) is 35.7. The Morgan fingerprint density at radius 3 is 1.06 bits per heavy atom. The van der Waals surface area contributed by atoms with E-state index in [9.17, 15) is 38.4 Å². The molecule has 0 saturated heterocycles. The van der Waals surface area contributed by atoms with Crippen LogP contribution in [0.3, 0.4) is 0 Å². The highest BCUT2D eigenvalue weighted by atomic mass is 16.6. The van der Waals surface area contributed by atoms with Crippen LogP contribution in [0.4, 0.5) is 5.69 Å². The van der Waals surface area contributed by atoms with Gasteiger partial charge >= 0.3 is 17.9 Å². The summed E-state index contributed by atoms with van der Waals surface area (Å²) >= 11 is 0. The van der Waals surface area contributed by atoms with Crippen LogP contribution in [-0.4, -0.2) is 154 Å². The average molecular weight is 1540 g/mol. The Balaban J connectivity index is 0.000000268. The third-order valence-electron chi connectivity index (χ3n) is 18.4. The maximum atomic E-state index is 13.9. The van der Waals surface area contributed by atoms with Crippen LogP contribution in [-0.2, 0) is 79.9 Å². The van der Waals surface area contributed by atoms with E-state index in [1.807, 2.05) is 42.5 Å². The van der Waals surface area contributed by atoms with Crippen molar-refractivity contribution in [2.24, 2.45) is 11.7 Å². The van der Waals surface area contributed by atoms with Gasteiger partial charge in [0.05, 0.1) is 103 Å². The number of carboxylic acid groups (broad SMARTS) is 1. The van der Waals surface area contributed by atoms with Gasteiger partial charge in [-0.15, -0.1) is 0 Å². The largest absolute Gasteiger partial charge is 0.496 e. The number of hydrogen-bond acceptors (Lipinski definition) is 24. The van der Waals surface area contributed by atoms with Gasteiger partial charge < -0.3 is 82.9 Å². The van der Waals surface area contributed by atoms with E-state index in [-0.39, 0.29) is 87.7 Å². The van der Waals surface area contributed by atoms with E-state index >= 15 is 0 Å². The van der Waals surface area contributed by atoms with Gasteiger partial charge in [0, 0.05) is 78.7 Å². The number of fused-ring (bicyclic) bond motifs is 3. The molecule has 0 fully saturated rings. The van der Waals surface area contributed by atoms with Crippen molar-refractivity contribution >= 4 is 69.2 Å². The molecule has 0 saturated carbocycles. The molecule has 0 aromatic heterocycles. The van der Waals surface area contributed by atoms with Gasteiger partial charge in [-0.25, -0.2) is 0 Å². The summed E-state index contributed by atoms with van der Waals surface area (Å²) in [6.07, 6.45) is 6.84. The van der Waals surface area contributed by atoms with Crippen molar-refractivity contribution in [1.82, 2.24) is 0 Å². The second kappa shape index (κ2) is 39.9. The number of nitrogen functional groups attached to an aromatic ring is 1. The third kappa shape index (κ3) is 22.4. The number of carbonyl (C=O) groups excluding carboxylic acids is 7. The number of hydrogen-bond donors (Lipinski definition) is 3. The maximum absolute atomic E-state index is 13.9. The molecule has 6 aromatic carbocycles. The third-order valence-corrected chi connectivity index (χ3v) is 18.4.